The van der Waals surface area contributed by atoms with Crippen LogP contribution in [0.4, 0.5) is 8.78 Å². The molecule has 0 saturated carbocycles. The molecule has 0 spiro atoms. The Labute approximate surface area is 101 Å². The fraction of sp³-hybridized carbons (Fsp3) is 0.538. The Morgan fingerprint density at radius 1 is 1.35 bits per heavy atom. The van der Waals surface area contributed by atoms with E-state index in [4.69, 9.17) is 4.74 Å². The number of halogens is 2. The minimum absolute atomic E-state index is 0.0497. The van der Waals surface area contributed by atoms with Gasteiger partial charge >= 0.3 is 0 Å². The van der Waals surface area contributed by atoms with Gasteiger partial charge in [-0.15, -0.1) is 0 Å². The molecular weight excluding hydrogens is 224 g/mol. The van der Waals surface area contributed by atoms with E-state index in [1.807, 2.05) is 6.92 Å². The predicted octanol–water partition coefficient (Wildman–Crippen LogP) is 3.10. The van der Waals surface area contributed by atoms with Crippen LogP contribution in [0, 0.1) is 6.92 Å². The molecule has 0 unspecified atom stereocenters. The van der Waals surface area contributed by atoms with Crippen LogP contribution >= 0.6 is 0 Å². The summed E-state index contributed by atoms with van der Waals surface area (Å²) in [5, 5.41) is 2.74. The Hall–Kier alpha value is -1.16. The lowest BCUT2D eigenvalue weighted by molar-refractivity contribution is -0.0124. The molecule has 0 bridgehead atoms. The summed E-state index contributed by atoms with van der Waals surface area (Å²) in [6.45, 7) is 4.48. The molecule has 0 atom stereocenters. The Morgan fingerprint density at radius 3 is 2.59 bits per heavy atom. The second-order valence-corrected chi connectivity index (χ2v) is 3.97. The summed E-state index contributed by atoms with van der Waals surface area (Å²) < 4.78 is 32.8. The molecule has 1 N–H and O–H groups in total. The highest BCUT2D eigenvalue weighted by Crippen LogP contribution is 2.33. The molecule has 0 radical (unpaired) electrons. The van der Waals surface area contributed by atoms with Crippen LogP contribution < -0.4 is 10.1 Å². The van der Waals surface area contributed by atoms with Crippen molar-refractivity contribution in [1.82, 2.24) is 5.32 Å². The quantitative estimate of drug-likeness (QED) is 0.829. The van der Waals surface area contributed by atoms with Gasteiger partial charge in [0.05, 0.1) is 6.61 Å². The van der Waals surface area contributed by atoms with Gasteiger partial charge in [-0.1, -0.05) is 0 Å². The van der Waals surface area contributed by atoms with Gasteiger partial charge in [0, 0.05) is 18.5 Å². The van der Waals surface area contributed by atoms with Gasteiger partial charge in [0.25, 0.3) is 5.92 Å². The van der Waals surface area contributed by atoms with Gasteiger partial charge in [-0.05, 0) is 44.7 Å². The maximum Gasteiger partial charge on any atom is 0.274 e. The molecule has 1 aromatic rings. The third kappa shape index (κ3) is 3.66. The highest BCUT2D eigenvalue weighted by Gasteiger charge is 2.30. The van der Waals surface area contributed by atoms with E-state index < -0.39 is 5.92 Å². The van der Waals surface area contributed by atoms with E-state index in [0.717, 1.165) is 5.56 Å². The molecule has 1 aromatic carbocycles. The summed E-state index contributed by atoms with van der Waals surface area (Å²) in [4.78, 5) is 0. The standard InChI is InChI=1S/C13H19F2NO/c1-4-17-12-6-5-11(9-10(12)2)13(14,15)7-8-16-3/h5-6,9,16H,4,7-8H2,1-3H3. The lowest BCUT2D eigenvalue weighted by Crippen LogP contribution is -2.21. The van der Waals surface area contributed by atoms with E-state index in [0.29, 0.717) is 18.9 Å². The van der Waals surface area contributed by atoms with Crippen LogP contribution in [-0.2, 0) is 5.92 Å². The topological polar surface area (TPSA) is 21.3 Å². The number of aryl methyl sites for hydroxylation is 1. The second-order valence-electron chi connectivity index (χ2n) is 3.97. The molecule has 96 valence electrons. The first-order valence-corrected chi connectivity index (χ1v) is 5.77. The molecule has 0 aromatic heterocycles. The smallest absolute Gasteiger partial charge is 0.274 e. The van der Waals surface area contributed by atoms with Crippen molar-refractivity contribution in [3.63, 3.8) is 0 Å². The van der Waals surface area contributed by atoms with Gasteiger partial charge in [0.15, 0.2) is 0 Å². The molecule has 0 heterocycles. The second kappa shape index (κ2) is 5.96. The zero-order valence-electron chi connectivity index (χ0n) is 10.5. The monoisotopic (exact) mass is 243 g/mol. The van der Waals surface area contributed by atoms with E-state index in [1.54, 1.807) is 20.0 Å². The summed E-state index contributed by atoms with van der Waals surface area (Å²) in [7, 11) is 1.67. The largest absolute Gasteiger partial charge is 0.494 e. The molecule has 1 rings (SSSR count). The molecule has 2 nitrogen and oxygen atoms in total. The summed E-state index contributed by atoms with van der Waals surface area (Å²) in [5.74, 6) is -2.13. The first kappa shape index (κ1) is 13.9. The molecule has 0 fully saturated rings. The first-order chi connectivity index (χ1) is 8.01. The first-order valence-electron chi connectivity index (χ1n) is 5.77. The molecule has 17 heavy (non-hydrogen) atoms. The molecular formula is C13H19F2NO. The van der Waals surface area contributed by atoms with Crippen molar-refractivity contribution in [3.05, 3.63) is 29.3 Å². The number of alkyl halides is 2. The predicted molar refractivity (Wildman–Crippen MR) is 64.8 cm³/mol. The SMILES string of the molecule is CCOc1ccc(C(F)(F)CCNC)cc1C. The summed E-state index contributed by atoms with van der Waals surface area (Å²) in [6, 6.07) is 4.55. The summed E-state index contributed by atoms with van der Waals surface area (Å²) in [5.41, 5.74) is 0.794. The lowest BCUT2D eigenvalue weighted by atomic mass is 10.0. The van der Waals surface area contributed by atoms with Crippen LogP contribution in [-0.4, -0.2) is 20.2 Å². The zero-order valence-corrected chi connectivity index (χ0v) is 10.5. The van der Waals surface area contributed by atoms with E-state index in [9.17, 15) is 8.78 Å². The summed E-state index contributed by atoms with van der Waals surface area (Å²) >= 11 is 0. The van der Waals surface area contributed by atoms with E-state index in [2.05, 4.69) is 5.32 Å². The Bertz CT molecular complexity index is 366. The molecule has 0 aliphatic carbocycles. The molecule has 0 aliphatic heterocycles. The Kier molecular flexibility index (Phi) is 4.87. The van der Waals surface area contributed by atoms with Crippen LogP contribution in [0.15, 0.2) is 18.2 Å². The van der Waals surface area contributed by atoms with Gasteiger partial charge in [0.1, 0.15) is 5.75 Å². The van der Waals surface area contributed by atoms with Crippen molar-refractivity contribution in [1.29, 1.82) is 0 Å². The fourth-order valence-corrected chi connectivity index (χ4v) is 1.62. The minimum atomic E-state index is -2.79. The van der Waals surface area contributed by atoms with Crippen molar-refractivity contribution < 1.29 is 13.5 Å². The van der Waals surface area contributed by atoms with Crippen molar-refractivity contribution in [2.75, 3.05) is 20.2 Å². The third-order valence-corrected chi connectivity index (χ3v) is 2.59. The number of nitrogens with one attached hydrogen (secondary N) is 1. The molecule has 4 heteroatoms. The zero-order chi connectivity index (χ0) is 12.9. The molecule has 0 amide bonds. The third-order valence-electron chi connectivity index (χ3n) is 2.59. The van der Waals surface area contributed by atoms with E-state index in [-0.39, 0.29) is 12.0 Å². The highest BCUT2D eigenvalue weighted by atomic mass is 19.3. The fourth-order valence-electron chi connectivity index (χ4n) is 1.62. The Balaban J connectivity index is 2.88. The summed E-state index contributed by atoms with van der Waals surface area (Å²) in [6.07, 6.45) is -0.197. The molecule has 0 saturated heterocycles. The normalized spacial score (nSPS) is 11.6. The lowest BCUT2D eigenvalue weighted by Gasteiger charge is -2.18. The number of hydrogen-bond acceptors (Lipinski definition) is 2. The number of benzene rings is 1. The van der Waals surface area contributed by atoms with Crippen LogP contribution in [0.1, 0.15) is 24.5 Å². The Morgan fingerprint density at radius 2 is 2.06 bits per heavy atom. The van der Waals surface area contributed by atoms with Crippen LogP contribution in [0.2, 0.25) is 0 Å². The molecule has 0 aliphatic rings. The minimum Gasteiger partial charge on any atom is -0.494 e. The van der Waals surface area contributed by atoms with Crippen molar-refractivity contribution in [2.24, 2.45) is 0 Å². The highest BCUT2D eigenvalue weighted by molar-refractivity contribution is 5.37. The number of ether oxygens (including phenoxy) is 1. The van der Waals surface area contributed by atoms with E-state index in [1.165, 1.54) is 12.1 Å². The average molecular weight is 243 g/mol. The van der Waals surface area contributed by atoms with Gasteiger partial charge in [-0.3, -0.25) is 0 Å². The average Bonchev–Trinajstić information content (AvgIpc) is 2.29. The van der Waals surface area contributed by atoms with Gasteiger partial charge in [-0.2, -0.15) is 0 Å². The maximum absolute atomic E-state index is 13.8. The number of rotatable bonds is 6. The van der Waals surface area contributed by atoms with Crippen molar-refractivity contribution in [2.45, 2.75) is 26.2 Å². The van der Waals surface area contributed by atoms with Crippen molar-refractivity contribution in [3.8, 4) is 5.75 Å². The van der Waals surface area contributed by atoms with Crippen LogP contribution in [0.3, 0.4) is 0 Å². The van der Waals surface area contributed by atoms with Crippen LogP contribution in [0.5, 0.6) is 5.75 Å². The van der Waals surface area contributed by atoms with Crippen molar-refractivity contribution >= 4 is 0 Å². The number of hydrogen-bond donors (Lipinski definition) is 1. The van der Waals surface area contributed by atoms with E-state index >= 15 is 0 Å². The van der Waals surface area contributed by atoms with Gasteiger partial charge in [-0.25, -0.2) is 8.78 Å². The van der Waals surface area contributed by atoms with Crippen LogP contribution in [0.25, 0.3) is 0 Å². The van der Waals surface area contributed by atoms with Gasteiger partial charge in [0.2, 0.25) is 0 Å². The van der Waals surface area contributed by atoms with Gasteiger partial charge < -0.3 is 10.1 Å². The maximum atomic E-state index is 13.8.